The summed E-state index contributed by atoms with van der Waals surface area (Å²) in [6.45, 7) is 0. The van der Waals surface area contributed by atoms with Gasteiger partial charge in [0, 0.05) is 43.9 Å². The summed E-state index contributed by atoms with van der Waals surface area (Å²) in [6.07, 6.45) is 0. The van der Waals surface area contributed by atoms with Gasteiger partial charge in [0.05, 0.1) is 22.4 Å². The van der Waals surface area contributed by atoms with Gasteiger partial charge in [-0.25, -0.2) is 15.0 Å². The van der Waals surface area contributed by atoms with Crippen LogP contribution in [-0.4, -0.2) is 19.4 Å². The smallest absolute Gasteiger partial charge is 0.164 e. The summed E-state index contributed by atoms with van der Waals surface area (Å²) in [5, 5.41) is 7.29. The maximum atomic E-state index is 6.26. The molecule has 0 saturated carbocycles. The zero-order valence-corrected chi connectivity index (χ0v) is 30.6. The molecule has 0 spiro atoms. The van der Waals surface area contributed by atoms with E-state index in [1.165, 1.54) is 37.4 Å². The Hall–Kier alpha value is -7.35. The number of benzene rings is 7. The van der Waals surface area contributed by atoms with E-state index in [2.05, 4.69) is 118 Å². The van der Waals surface area contributed by atoms with Crippen molar-refractivity contribution < 1.29 is 4.74 Å². The van der Waals surface area contributed by atoms with E-state index in [0.29, 0.717) is 17.5 Å². The van der Waals surface area contributed by atoms with Gasteiger partial charge >= 0.3 is 0 Å². The molecule has 0 radical (unpaired) electrons. The molecule has 0 atom stereocenters. The fraction of sp³-hybridized carbons (Fsp3) is 0. The molecule has 12 rings (SSSR count). The second-order valence-corrected chi connectivity index (χ2v) is 15.0. The Kier molecular flexibility index (Phi) is 6.70. The highest BCUT2D eigenvalue weighted by atomic mass is 32.1. The number of aromatic nitrogens is 4. The number of fused-ring (bicyclic) bond motifs is 8. The van der Waals surface area contributed by atoms with Crippen LogP contribution >= 0.6 is 11.3 Å². The first-order valence-corrected chi connectivity index (χ1v) is 19.5. The summed E-state index contributed by atoms with van der Waals surface area (Å²) < 4.78 is 8.69. The van der Waals surface area contributed by atoms with Crippen LogP contribution in [0.1, 0.15) is 0 Å². The normalized spacial score (nSPS) is 12.4. The lowest BCUT2D eigenvalue weighted by molar-refractivity contribution is 0.477. The summed E-state index contributed by atoms with van der Waals surface area (Å²) in [7, 11) is 0. The fourth-order valence-electron chi connectivity index (χ4n) is 8.29. The average molecular weight is 736 g/mol. The van der Waals surface area contributed by atoms with E-state index in [1.807, 2.05) is 66.7 Å². The van der Waals surface area contributed by atoms with Crippen LogP contribution in [0.25, 0.3) is 82.7 Å². The van der Waals surface area contributed by atoms with E-state index in [4.69, 9.17) is 19.7 Å². The first kappa shape index (κ1) is 31.0. The summed E-state index contributed by atoms with van der Waals surface area (Å²) in [5.74, 6) is 3.50. The number of nitrogens with zero attached hydrogens (tertiary/aromatic N) is 5. The third kappa shape index (κ3) is 4.71. The molecule has 0 fully saturated rings. The molecule has 0 saturated heterocycles. The van der Waals surface area contributed by atoms with Crippen molar-refractivity contribution in [3.05, 3.63) is 175 Å². The predicted molar refractivity (Wildman–Crippen MR) is 229 cm³/mol. The highest BCUT2D eigenvalue weighted by Gasteiger charge is 2.26. The van der Waals surface area contributed by atoms with Crippen LogP contribution in [0.4, 0.5) is 17.1 Å². The molecular formula is C49H29N5OS. The van der Waals surface area contributed by atoms with Crippen LogP contribution in [0.5, 0.6) is 11.5 Å². The van der Waals surface area contributed by atoms with Crippen LogP contribution in [0.3, 0.4) is 0 Å². The maximum absolute atomic E-state index is 6.26. The van der Waals surface area contributed by atoms with Crippen molar-refractivity contribution in [2.45, 2.75) is 0 Å². The Bertz CT molecular complexity index is 3250. The minimum Gasteiger partial charge on any atom is -0.453 e. The molecular weight excluding hydrogens is 707 g/mol. The second kappa shape index (κ2) is 12.1. The molecule has 11 aromatic rings. The number of hydrogen-bond acceptors (Lipinski definition) is 6. The lowest BCUT2D eigenvalue weighted by Gasteiger charge is -2.32. The number of thiophene rings is 1. The summed E-state index contributed by atoms with van der Waals surface area (Å²) in [6, 6.07) is 59.1. The molecule has 262 valence electrons. The Morgan fingerprint density at radius 2 is 1.02 bits per heavy atom. The van der Waals surface area contributed by atoms with Gasteiger partial charge in [-0.1, -0.05) is 91.0 Å². The zero-order valence-electron chi connectivity index (χ0n) is 29.8. The molecule has 0 amide bonds. The van der Waals surface area contributed by atoms with E-state index in [-0.39, 0.29) is 0 Å². The van der Waals surface area contributed by atoms with Crippen LogP contribution in [0.15, 0.2) is 175 Å². The molecule has 4 aromatic heterocycles. The van der Waals surface area contributed by atoms with Crippen LogP contribution < -0.4 is 9.64 Å². The number of anilines is 3. The molecule has 56 heavy (non-hydrogen) atoms. The number of ether oxygens (including phenoxy) is 1. The number of hydrogen-bond donors (Lipinski definition) is 0. The number of rotatable bonds is 5. The zero-order chi connectivity index (χ0) is 36.7. The Balaban J connectivity index is 0.978. The topological polar surface area (TPSA) is 55.5 Å². The first-order valence-electron chi connectivity index (χ1n) is 18.6. The van der Waals surface area contributed by atoms with Crippen molar-refractivity contribution in [2.75, 3.05) is 4.90 Å². The standard InChI is InChI=1S/C49H29N5OS/c1-2-11-30(12-3-1)46-50-47(31-21-23-35(24-22-31)53-41-17-6-8-19-43(41)55-44-20-9-7-18-42(44)53)52-48(51-46)33-14-10-13-32(27-33)34-28-38-36-15-4-5-16-40(36)54-45(38)39(29-34)37-25-26-56-49(37)54/h1-29H. The van der Waals surface area contributed by atoms with Gasteiger partial charge in [0.2, 0.25) is 0 Å². The van der Waals surface area contributed by atoms with Gasteiger partial charge in [0.15, 0.2) is 29.0 Å². The average Bonchev–Trinajstić information content (AvgIpc) is 3.96. The summed E-state index contributed by atoms with van der Waals surface area (Å²) in [4.78, 5) is 18.8. The van der Waals surface area contributed by atoms with Crippen molar-refractivity contribution in [1.29, 1.82) is 0 Å². The van der Waals surface area contributed by atoms with Crippen molar-refractivity contribution in [2.24, 2.45) is 0 Å². The SMILES string of the molecule is c1ccc(-c2nc(-c3ccc(N4c5ccccc5Oc5ccccc54)cc3)nc(-c3cccc(-c4cc5c6ccccc6n6c7sccc7c(c4)c56)c3)n2)cc1. The maximum Gasteiger partial charge on any atom is 0.164 e. The fourth-order valence-corrected chi connectivity index (χ4v) is 9.22. The minimum absolute atomic E-state index is 0.612. The molecule has 6 nitrogen and oxygen atoms in total. The largest absolute Gasteiger partial charge is 0.453 e. The van der Waals surface area contributed by atoms with Gasteiger partial charge < -0.3 is 9.64 Å². The monoisotopic (exact) mass is 735 g/mol. The van der Waals surface area contributed by atoms with Crippen molar-refractivity contribution >= 4 is 65.8 Å². The van der Waals surface area contributed by atoms with Crippen LogP contribution in [0, 0.1) is 0 Å². The van der Waals surface area contributed by atoms with Gasteiger partial charge in [-0.2, -0.15) is 0 Å². The number of para-hydroxylation sites is 5. The molecule has 7 aromatic carbocycles. The second-order valence-electron chi connectivity index (χ2n) is 14.1. The Labute approximate surface area is 325 Å². The molecule has 0 N–H and O–H groups in total. The third-order valence-electron chi connectivity index (χ3n) is 10.8. The summed E-state index contributed by atoms with van der Waals surface area (Å²) >= 11 is 1.80. The summed E-state index contributed by atoms with van der Waals surface area (Å²) in [5.41, 5.74) is 10.6. The quantitative estimate of drug-likeness (QED) is 0.176. The molecule has 0 bridgehead atoms. The van der Waals surface area contributed by atoms with E-state index in [1.54, 1.807) is 11.3 Å². The Morgan fingerprint density at radius 3 is 1.77 bits per heavy atom. The molecule has 1 aliphatic rings. The van der Waals surface area contributed by atoms with E-state index < -0.39 is 0 Å². The van der Waals surface area contributed by atoms with Crippen LogP contribution in [0.2, 0.25) is 0 Å². The van der Waals surface area contributed by atoms with Crippen molar-refractivity contribution in [3.8, 4) is 56.8 Å². The van der Waals surface area contributed by atoms with Gasteiger partial charge in [-0.3, -0.25) is 4.40 Å². The highest BCUT2D eigenvalue weighted by Crippen LogP contribution is 2.50. The minimum atomic E-state index is 0.612. The first-order chi connectivity index (χ1) is 27.7. The predicted octanol–water partition coefficient (Wildman–Crippen LogP) is 13.3. The van der Waals surface area contributed by atoms with E-state index in [9.17, 15) is 0 Å². The van der Waals surface area contributed by atoms with Crippen molar-refractivity contribution in [1.82, 2.24) is 19.4 Å². The molecule has 1 aliphatic heterocycles. The Morgan fingerprint density at radius 1 is 0.429 bits per heavy atom. The van der Waals surface area contributed by atoms with Gasteiger partial charge in [-0.05, 0) is 95.4 Å². The molecule has 5 heterocycles. The molecule has 0 aliphatic carbocycles. The van der Waals surface area contributed by atoms with Gasteiger partial charge in [0.1, 0.15) is 4.83 Å². The van der Waals surface area contributed by atoms with E-state index in [0.717, 1.165) is 56.4 Å². The van der Waals surface area contributed by atoms with Gasteiger partial charge in [-0.15, -0.1) is 11.3 Å². The van der Waals surface area contributed by atoms with Gasteiger partial charge in [0.25, 0.3) is 0 Å². The lowest BCUT2D eigenvalue weighted by atomic mass is 9.98. The lowest BCUT2D eigenvalue weighted by Crippen LogP contribution is -2.15. The van der Waals surface area contributed by atoms with Crippen molar-refractivity contribution in [3.63, 3.8) is 0 Å². The van der Waals surface area contributed by atoms with E-state index >= 15 is 0 Å². The van der Waals surface area contributed by atoms with Crippen LogP contribution in [-0.2, 0) is 0 Å². The third-order valence-corrected chi connectivity index (χ3v) is 11.7. The molecule has 0 unspecified atom stereocenters. The highest BCUT2D eigenvalue weighted by molar-refractivity contribution is 7.17. The molecule has 7 heteroatoms.